The molecule has 0 atom stereocenters. The first kappa shape index (κ1) is 10.0. The van der Waals surface area contributed by atoms with Crippen molar-refractivity contribution in [3.05, 3.63) is 29.3 Å². The first-order chi connectivity index (χ1) is 7.08. The molecule has 0 N–H and O–H groups in total. The number of urea groups is 1. The SMILES string of the molecule is Cc1cc(C)cc(N2CCN(C)C2=O)c1. The summed E-state index contributed by atoms with van der Waals surface area (Å²) in [6, 6.07) is 6.34. The van der Waals surface area contributed by atoms with Crippen molar-refractivity contribution < 1.29 is 4.79 Å². The Morgan fingerprint density at radius 3 is 2.13 bits per heavy atom. The van der Waals surface area contributed by atoms with Crippen LogP contribution in [0.25, 0.3) is 0 Å². The molecule has 1 aromatic rings. The molecule has 2 rings (SSSR count). The lowest BCUT2D eigenvalue weighted by atomic mass is 10.1. The van der Waals surface area contributed by atoms with Gasteiger partial charge >= 0.3 is 6.03 Å². The molecular weight excluding hydrogens is 188 g/mol. The molecule has 1 aromatic carbocycles. The van der Waals surface area contributed by atoms with Crippen molar-refractivity contribution in [2.75, 3.05) is 25.0 Å². The highest BCUT2D eigenvalue weighted by molar-refractivity contribution is 5.94. The minimum absolute atomic E-state index is 0.0972. The third-order valence-electron chi connectivity index (χ3n) is 2.73. The maximum Gasteiger partial charge on any atom is 0.324 e. The van der Waals surface area contributed by atoms with Crippen LogP contribution in [0.15, 0.2) is 18.2 Å². The molecule has 1 aliphatic heterocycles. The Kier molecular flexibility index (Phi) is 2.39. The van der Waals surface area contributed by atoms with Crippen LogP contribution < -0.4 is 4.90 Å². The zero-order valence-electron chi connectivity index (χ0n) is 9.45. The number of aryl methyl sites for hydroxylation is 2. The molecule has 80 valence electrons. The van der Waals surface area contributed by atoms with Crippen LogP contribution in [0.4, 0.5) is 10.5 Å². The molecular formula is C12H16N2O. The summed E-state index contributed by atoms with van der Waals surface area (Å²) in [5.41, 5.74) is 3.42. The summed E-state index contributed by atoms with van der Waals surface area (Å²) in [5, 5.41) is 0. The fourth-order valence-corrected chi connectivity index (χ4v) is 1.99. The highest BCUT2D eigenvalue weighted by Gasteiger charge is 2.26. The molecule has 1 fully saturated rings. The predicted octanol–water partition coefficient (Wildman–Crippen LogP) is 2.18. The van der Waals surface area contributed by atoms with Crippen molar-refractivity contribution in [3.63, 3.8) is 0 Å². The van der Waals surface area contributed by atoms with Crippen LogP contribution in [-0.4, -0.2) is 31.1 Å². The number of nitrogens with zero attached hydrogens (tertiary/aromatic N) is 2. The topological polar surface area (TPSA) is 23.6 Å². The van der Waals surface area contributed by atoms with Gasteiger partial charge in [0.25, 0.3) is 0 Å². The lowest BCUT2D eigenvalue weighted by Gasteiger charge is -2.17. The van der Waals surface area contributed by atoms with E-state index in [0.29, 0.717) is 0 Å². The smallest absolute Gasteiger partial charge is 0.324 e. The van der Waals surface area contributed by atoms with Crippen LogP contribution in [0.2, 0.25) is 0 Å². The van der Waals surface area contributed by atoms with Crippen LogP contribution in [0.3, 0.4) is 0 Å². The molecule has 0 spiro atoms. The molecule has 0 aromatic heterocycles. The second kappa shape index (κ2) is 3.57. The normalized spacial score (nSPS) is 16.3. The Bertz CT molecular complexity index is 380. The molecule has 0 unspecified atom stereocenters. The van der Waals surface area contributed by atoms with E-state index in [4.69, 9.17) is 0 Å². The van der Waals surface area contributed by atoms with Crippen molar-refractivity contribution in [2.45, 2.75) is 13.8 Å². The van der Waals surface area contributed by atoms with E-state index in [2.05, 4.69) is 32.0 Å². The number of hydrogen-bond acceptors (Lipinski definition) is 1. The van der Waals surface area contributed by atoms with Gasteiger partial charge in [0.2, 0.25) is 0 Å². The van der Waals surface area contributed by atoms with Crippen LogP contribution in [0.5, 0.6) is 0 Å². The molecule has 1 heterocycles. The number of likely N-dealkylation sites (N-methyl/N-ethyl adjacent to an activating group) is 1. The van der Waals surface area contributed by atoms with Gasteiger partial charge in [-0.3, -0.25) is 4.90 Å². The van der Waals surface area contributed by atoms with Gasteiger partial charge in [-0.1, -0.05) is 6.07 Å². The van der Waals surface area contributed by atoms with Gasteiger partial charge in [-0.2, -0.15) is 0 Å². The molecule has 3 nitrogen and oxygen atoms in total. The molecule has 0 aliphatic carbocycles. The second-order valence-electron chi connectivity index (χ2n) is 4.20. The summed E-state index contributed by atoms with van der Waals surface area (Å²) in [7, 11) is 1.84. The van der Waals surface area contributed by atoms with Gasteiger partial charge in [-0.25, -0.2) is 4.79 Å². The van der Waals surface area contributed by atoms with E-state index in [0.717, 1.165) is 18.8 Å². The first-order valence-electron chi connectivity index (χ1n) is 5.19. The van der Waals surface area contributed by atoms with Crippen LogP contribution in [0.1, 0.15) is 11.1 Å². The largest absolute Gasteiger partial charge is 0.326 e. The van der Waals surface area contributed by atoms with Crippen molar-refractivity contribution >= 4 is 11.7 Å². The van der Waals surface area contributed by atoms with Crippen LogP contribution in [0, 0.1) is 13.8 Å². The molecule has 1 saturated heterocycles. The monoisotopic (exact) mass is 204 g/mol. The van der Waals surface area contributed by atoms with E-state index in [9.17, 15) is 4.79 Å². The first-order valence-corrected chi connectivity index (χ1v) is 5.19. The number of carbonyl (C=O) groups is 1. The van der Waals surface area contributed by atoms with Gasteiger partial charge in [0, 0.05) is 25.8 Å². The maximum absolute atomic E-state index is 11.8. The summed E-state index contributed by atoms with van der Waals surface area (Å²) in [6.07, 6.45) is 0. The van der Waals surface area contributed by atoms with Crippen LogP contribution >= 0.6 is 0 Å². The van der Waals surface area contributed by atoms with Crippen molar-refractivity contribution in [1.29, 1.82) is 0 Å². The number of hydrogen-bond donors (Lipinski definition) is 0. The molecule has 0 radical (unpaired) electrons. The Balaban J connectivity index is 2.34. The van der Waals surface area contributed by atoms with Gasteiger partial charge < -0.3 is 4.90 Å². The average Bonchev–Trinajstić information content (AvgIpc) is 2.46. The summed E-state index contributed by atoms with van der Waals surface area (Å²) in [4.78, 5) is 15.4. The van der Waals surface area contributed by atoms with E-state index in [-0.39, 0.29) is 6.03 Å². The lowest BCUT2D eigenvalue weighted by Crippen LogP contribution is -2.29. The molecule has 1 aliphatic rings. The zero-order valence-corrected chi connectivity index (χ0v) is 9.45. The quantitative estimate of drug-likeness (QED) is 0.687. The van der Waals surface area contributed by atoms with E-state index in [1.807, 2.05) is 11.9 Å². The average molecular weight is 204 g/mol. The summed E-state index contributed by atoms with van der Waals surface area (Å²) in [6.45, 7) is 5.71. The molecule has 2 amide bonds. The standard InChI is InChI=1S/C12H16N2O/c1-9-6-10(2)8-11(7-9)14-5-4-13(3)12(14)15/h6-8H,4-5H2,1-3H3. The van der Waals surface area contributed by atoms with E-state index in [1.54, 1.807) is 4.90 Å². The third-order valence-corrected chi connectivity index (χ3v) is 2.73. The number of benzene rings is 1. The van der Waals surface area contributed by atoms with Gasteiger partial charge in [-0.05, 0) is 37.1 Å². The van der Waals surface area contributed by atoms with Crippen LogP contribution in [-0.2, 0) is 0 Å². The fourth-order valence-electron chi connectivity index (χ4n) is 1.99. The van der Waals surface area contributed by atoms with E-state index in [1.165, 1.54) is 11.1 Å². The molecule has 0 bridgehead atoms. The van der Waals surface area contributed by atoms with Gasteiger partial charge in [0.1, 0.15) is 0 Å². The number of rotatable bonds is 1. The molecule has 0 saturated carbocycles. The van der Waals surface area contributed by atoms with Gasteiger partial charge in [-0.15, -0.1) is 0 Å². The van der Waals surface area contributed by atoms with E-state index < -0.39 is 0 Å². The number of anilines is 1. The third kappa shape index (κ3) is 1.82. The Morgan fingerprint density at radius 1 is 1.07 bits per heavy atom. The highest BCUT2D eigenvalue weighted by atomic mass is 16.2. The Hall–Kier alpha value is -1.51. The minimum atomic E-state index is 0.0972. The Morgan fingerprint density at radius 2 is 1.67 bits per heavy atom. The minimum Gasteiger partial charge on any atom is -0.326 e. The maximum atomic E-state index is 11.8. The summed E-state index contributed by atoms with van der Waals surface area (Å²) in [5.74, 6) is 0. The number of carbonyl (C=O) groups excluding carboxylic acids is 1. The van der Waals surface area contributed by atoms with Gasteiger partial charge in [0.15, 0.2) is 0 Å². The number of amides is 2. The summed E-state index contributed by atoms with van der Waals surface area (Å²) < 4.78 is 0. The van der Waals surface area contributed by atoms with E-state index >= 15 is 0 Å². The molecule has 15 heavy (non-hydrogen) atoms. The highest BCUT2D eigenvalue weighted by Crippen LogP contribution is 2.22. The predicted molar refractivity (Wildman–Crippen MR) is 61.3 cm³/mol. The summed E-state index contributed by atoms with van der Waals surface area (Å²) >= 11 is 0. The van der Waals surface area contributed by atoms with Gasteiger partial charge in [0.05, 0.1) is 0 Å². The fraction of sp³-hybridized carbons (Fsp3) is 0.417. The van der Waals surface area contributed by atoms with Crippen molar-refractivity contribution in [2.24, 2.45) is 0 Å². The zero-order chi connectivity index (χ0) is 11.0. The lowest BCUT2D eigenvalue weighted by molar-refractivity contribution is 0.229. The van der Waals surface area contributed by atoms with Crippen molar-refractivity contribution in [1.82, 2.24) is 4.90 Å². The van der Waals surface area contributed by atoms with Crippen molar-refractivity contribution in [3.8, 4) is 0 Å². The molecule has 3 heteroatoms. The second-order valence-corrected chi connectivity index (χ2v) is 4.20. The Labute approximate surface area is 90.3 Å².